The number of nitrogens with one attached hydrogen (secondary N) is 1. The summed E-state index contributed by atoms with van der Waals surface area (Å²) in [5.74, 6) is -0.219. The van der Waals surface area contributed by atoms with Crippen LogP contribution in [0.1, 0.15) is 11.1 Å². The number of hydrogen-bond donors (Lipinski definition) is 1. The van der Waals surface area contributed by atoms with Crippen LogP contribution in [0.15, 0.2) is 48.5 Å². The Morgan fingerprint density at radius 1 is 1.17 bits per heavy atom. The van der Waals surface area contributed by atoms with Gasteiger partial charge in [0.25, 0.3) is 0 Å². The molecule has 0 unspecified atom stereocenters. The first-order valence-corrected chi connectivity index (χ1v) is 10.2. The lowest BCUT2D eigenvalue weighted by molar-refractivity contribution is -0.126. The highest BCUT2D eigenvalue weighted by Crippen LogP contribution is 2.36. The summed E-state index contributed by atoms with van der Waals surface area (Å²) in [4.78, 5) is 17.8. The molecule has 2 heterocycles. The van der Waals surface area contributed by atoms with E-state index in [1.165, 1.54) is 23.4 Å². The highest BCUT2D eigenvalue weighted by atomic mass is 19.1. The Morgan fingerprint density at radius 2 is 1.97 bits per heavy atom. The van der Waals surface area contributed by atoms with E-state index in [4.69, 9.17) is 4.74 Å². The van der Waals surface area contributed by atoms with Crippen LogP contribution in [0.4, 0.5) is 10.1 Å². The van der Waals surface area contributed by atoms with Crippen LogP contribution in [0.3, 0.4) is 0 Å². The molecular weight excluding hydrogens is 369 g/mol. The predicted molar refractivity (Wildman–Crippen MR) is 111 cm³/mol. The maximum Gasteiger partial charge on any atom is 0.225 e. The van der Waals surface area contributed by atoms with Crippen LogP contribution in [0.25, 0.3) is 0 Å². The van der Waals surface area contributed by atoms with Gasteiger partial charge in [0.1, 0.15) is 5.82 Å². The number of rotatable bonds is 6. The Kier molecular flexibility index (Phi) is 6.11. The van der Waals surface area contributed by atoms with Crippen molar-refractivity contribution in [1.29, 1.82) is 0 Å². The molecule has 0 saturated carbocycles. The molecule has 2 aromatic rings. The molecule has 2 aromatic carbocycles. The highest BCUT2D eigenvalue weighted by Gasteiger charge is 2.41. The van der Waals surface area contributed by atoms with Crippen molar-refractivity contribution in [2.45, 2.75) is 19.0 Å². The fourth-order valence-electron chi connectivity index (χ4n) is 4.52. The minimum atomic E-state index is -0.213. The minimum Gasteiger partial charge on any atom is -0.383 e. The topological polar surface area (TPSA) is 44.8 Å². The second-order valence-electron chi connectivity index (χ2n) is 7.85. The number of piperazine rings is 1. The lowest BCUT2D eigenvalue weighted by Crippen LogP contribution is -2.61. The number of benzene rings is 2. The van der Waals surface area contributed by atoms with Gasteiger partial charge in [0.05, 0.1) is 18.6 Å². The van der Waals surface area contributed by atoms with Gasteiger partial charge in [0.2, 0.25) is 5.91 Å². The minimum absolute atomic E-state index is 0.0928. The van der Waals surface area contributed by atoms with Gasteiger partial charge in [-0.05, 0) is 35.7 Å². The molecular formula is C23H28FN3O2. The summed E-state index contributed by atoms with van der Waals surface area (Å²) >= 11 is 0. The Morgan fingerprint density at radius 3 is 2.76 bits per heavy atom. The first-order chi connectivity index (χ1) is 14.2. The van der Waals surface area contributed by atoms with Crippen LogP contribution < -0.4 is 10.2 Å². The molecule has 1 fully saturated rings. The molecule has 4 rings (SSSR count). The zero-order valence-electron chi connectivity index (χ0n) is 16.8. The largest absolute Gasteiger partial charge is 0.383 e. The van der Waals surface area contributed by atoms with E-state index in [1.54, 1.807) is 7.11 Å². The van der Waals surface area contributed by atoms with Gasteiger partial charge in [-0.15, -0.1) is 0 Å². The molecule has 0 bridgehead atoms. The summed E-state index contributed by atoms with van der Waals surface area (Å²) in [6.45, 7) is 4.42. The molecule has 0 radical (unpaired) electrons. The molecule has 1 amide bonds. The third kappa shape index (κ3) is 4.43. The molecule has 0 aromatic heterocycles. The van der Waals surface area contributed by atoms with Crippen molar-refractivity contribution in [1.82, 2.24) is 10.2 Å². The van der Waals surface area contributed by atoms with Crippen LogP contribution in [0, 0.1) is 11.7 Å². The zero-order chi connectivity index (χ0) is 20.2. The summed E-state index contributed by atoms with van der Waals surface area (Å²) < 4.78 is 18.3. The van der Waals surface area contributed by atoms with Gasteiger partial charge in [0.15, 0.2) is 0 Å². The second kappa shape index (κ2) is 8.93. The monoisotopic (exact) mass is 397 g/mol. The number of methoxy groups -OCH3 is 1. The van der Waals surface area contributed by atoms with Crippen LogP contribution in [0.2, 0.25) is 0 Å². The predicted octanol–water partition coefficient (Wildman–Crippen LogP) is 2.45. The molecule has 154 valence electrons. The van der Waals surface area contributed by atoms with Gasteiger partial charge < -0.3 is 15.0 Å². The number of anilines is 1. The van der Waals surface area contributed by atoms with Gasteiger partial charge in [0, 0.05) is 45.5 Å². The molecule has 2 aliphatic heterocycles. The number of carbonyl (C=O) groups is 1. The van der Waals surface area contributed by atoms with E-state index in [-0.39, 0.29) is 23.7 Å². The smallest absolute Gasteiger partial charge is 0.225 e. The molecule has 1 N–H and O–H groups in total. The van der Waals surface area contributed by atoms with Crippen molar-refractivity contribution < 1.29 is 13.9 Å². The summed E-state index contributed by atoms with van der Waals surface area (Å²) in [5, 5.41) is 3.04. The number of ether oxygens (including phenoxy) is 1. The summed E-state index contributed by atoms with van der Waals surface area (Å²) in [6.07, 6.45) is 0.751. The first kappa shape index (κ1) is 19.9. The molecule has 1 saturated heterocycles. The van der Waals surface area contributed by atoms with E-state index >= 15 is 0 Å². The quantitative estimate of drug-likeness (QED) is 0.761. The number of amides is 1. The fraction of sp³-hybridized carbons (Fsp3) is 0.435. The van der Waals surface area contributed by atoms with Crippen molar-refractivity contribution in [3.8, 4) is 0 Å². The number of hydrogen-bond acceptors (Lipinski definition) is 4. The van der Waals surface area contributed by atoms with Gasteiger partial charge in [-0.1, -0.05) is 30.3 Å². The van der Waals surface area contributed by atoms with Crippen molar-refractivity contribution in [2.24, 2.45) is 5.92 Å². The van der Waals surface area contributed by atoms with Crippen LogP contribution in [-0.4, -0.2) is 56.7 Å². The molecule has 5 nitrogen and oxygen atoms in total. The molecule has 29 heavy (non-hydrogen) atoms. The molecule has 2 aliphatic rings. The maximum absolute atomic E-state index is 13.2. The Balaban J connectivity index is 1.52. The standard InChI is InChI=1S/C23H28FN3O2/c1-29-13-10-25-23(28)20-14-18-4-2-3-5-21(18)27-12-11-26(16-22(20)27)15-17-6-8-19(24)9-7-17/h2-9,20,22H,10-16H2,1H3,(H,25,28)/t20-,22+/m1/s1. The molecule has 2 atom stereocenters. The summed E-state index contributed by atoms with van der Waals surface area (Å²) in [7, 11) is 1.64. The van der Waals surface area contributed by atoms with E-state index in [0.29, 0.717) is 13.2 Å². The van der Waals surface area contributed by atoms with E-state index in [1.807, 2.05) is 18.2 Å². The highest BCUT2D eigenvalue weighted by molar-refractivity contribution is 5.82. The van der Waals surface area contributed by atoms with Gasteiger partial charge in [-0.2, -0.15) is 0 Å². The van der Waals surface area contributed by atoms with Crippen LogP contribution in [0.5, 0.6) is 0 Å². The molecule has 0 spiro atoms. The normalized spacial score (nSPS) is 21.4. The zero-order valence-corrected chi connectivity index (χ0v) is 16.8. The van der Waals surface area contributed by atoms with Gasteiger partial charge >= 0.3 is 0 Å². The Bertz CT molecular complexity index is 842. The van der Waals surface area contributed by atoms with Gasteiger partial charge in [-0.3, -0.25) is 9.69 Å². The summed E-state index contributed by atoms with van der Waals surface area (Å²) in [6, 6.07) is 15.2. The fourth-order valence-corrected chi connectivity index (χ4v) is 4.52. The summed E-state index contributed by atoms with van der Waals surface area (Å²) in [5.41, 5.74) is 3.58. The van der Waals surface area contributed by atoms with E-state index in [2.05, 4.69) is 33.3 Å². The SMILES string of the molecule is COCCNC(=O)[C@@H]1Cc2ccccc2N2CCN(Cc3ccc(F)cc3)C[C@@H]12. The Labute approximate surface area is 171 Å². The number of para-hydroxylation sites is 1. The lowest BCUT2D eigenvalue weighted by atomic mass is 9.83. The third-order valence-electron chi connectivity index (χ3n) is 5.97. The lowest BCUT2D eigenvalue weighted by Gasteiger charge is -2.49. The molecule has 6 heteroatoms. The van der Waals surface area contributed by atoms with Crippen molar-refractivity contribution in [3.63, 3.8) is 0 Å². The van der Waals surface area contributed by atoms with Crippen molar-refractivity contribution in [3.05, 3.63) is 65.5 Å². The molecule has 0 aliphatic carbocycles. The third-order valence-corrected chi connectivity index (χ3v) is 5.97. The van der Waals surface area contributed by atoms with Crippen LogP contribution in [-0.2, 0) is 22.5 Å². The average molecular weight is 397 g/mol. The maximum atomic E-state index is 13.2. The number of fused-ring (bicyclic) bond motifs is 3. The first-order valence-electron chi connectivity index (χ1n) is 10.2. The number of nitrogens with zero attached hydrogens (tertiary/aromatic N) is 2. The average Bonchev–Trinajstić information content (AvgIpc) is 2.75. The Hall–Kier alpha value is -2.44. The van der Waals surface area contributed by atoms with Crippen LogP contribution >= 0.6 is 0 Å². The number of carbonyl (C=O) groups excluding carboxylic acids is 1. The number of halogens is 1. The van der Waals surface area contributed by atoms with E-state index in [0.717, 1.165) is 38.2 Å². The van der Waals surface area contributed by atoms with Crippen molar-refractivity contribution in [2.75, 3.05) is 44.8 Å². The second-order valence-corrected chi connectivity index (χ2v) is 7.85. The van der Waals surface area contributed by atoms with E-state index in [9.17, 15) is 9.18 Å². The van der Waals surface area contributed by atoms with Crippen molar-refractivity contribution >= 4 is 11.6 Å². The van der Waals surface area contributed by atoms with E-state index < -0.39 is 0 Å². The van der Waals surface area contributed by atoms with Gasteiger partial charge in [-0.25, -0.2) is 4.39 Å².